The summed E-state index contributed by atoms with van der Waals surface area (Å²) in [4.78, 5) is 0. The van der Waals surface area contributed by atoms with Gasteiger partial charge in [-0.25, -0.2) is 0 Å². The van der Waals surface area contributed by atoms with Gasteiger partial charge in [0.15, 0.2) is 0 Å². The van der Waals surface area contributed by atoms with Gasteiger partial charge in [0.05, 0.1) is 12.1 Å². The van der Waals surface area contributed by atoms with Crippen molar-refractivity contribution in [1.29, 1.82) is 0 Å². The van der Waals surface area contributed by atoms with Crippen LogP contribution in [-0.4, -0.2) is 14.2 Å². The molecule has 1 aromatic carbocycles. The Balaban J connectivity index is 3.02. The molecule has 102 valence electrons. The monoisotopic (exact) mass is 289 g/mol. The Morgan fingerprint density at radius 3 is 2.44 bits per heavy atom. The van der Waals surface area contributed by atoms with Gasteiger partial charge in [-0.3, -0.25) is 0 Å². The van der Waals surface area contributed by atoms with Crippen molar-refractivity contribution in [2.75, 3.05) is 14.2 Å². The molecule has 0 radical (unpaired) electrons. The Labute approximate surface area is 120 Å². The van der Waals surface area contributed by atoms with Crippen LogP contribution in [0, 0.1) is 5.92 Å². The fourth-order valence-electron chi connectivity index (χ4n) is 1.94. The van der Waals surface area contributed by atoms with Crippen molar-refractivity contribution in [3.8, 4) is 5.75 Å². The van der Waals surface area contributed by atoms with Crippen LogP contribution in [0.5, 0.6) is 5.75 Å². The number of hydrogen-bond donors (Lipinski definition) is 1. The topological polar surface area (TPSA) is 21.3 Å². The van der Waals surface area contributed by atoms with Crippen molar-refractivity contribution in [3.63, 3.8) is 0 Å². The smallest absolute Gasteiger partial charge is 0.138 e. The standard InChI is InChI=1S/C14H21Cl2NO/c1-5-9(2)6-13(17-3)10-7-12(16)14(18-4)8-11(10)15/h7-9,13,17H,5-6H2,1-4H3. The summed E-state index contributed by atoms with van der Waals surface area (Å²) in [5.41, 5.74) is 1.03. The van der Waals surface area contributed by atoms with Crippen molar-refractivity contribution >= 4 is 23.2 Å². The molecule has 0 amide bonds. The van der Waals surface area contributed by atoms with Gasteiger partial charge in [-0.1, -0.05) is 43.5 Å². The lowest BCUT2D eigenvalue weighted by molar-refractivity contribution is 0.411. The average Bonchev–Trinajstić information content (AvgIpc) is 2.38. The number of ether oxygens (including phenoxy) is 1. The summed E-state index contributed by atoms with van der Waals surface area (Å²) in [5, 5.41) is 4.60. The number of methoxy groups -OCH3 is 1. The van der Waals surface area contributed by atoms with Crippen molar-refractivity contribution < 1.29 is 4.74 Å². The lowest BCUT2D eigenvalue weighted by Gasteiger charge is -2.22. The van der Waals surface area contributed by atoms with Crippen molar-refractivity contribution in [3.05, 3.63) is 27.7 Å². The van der Waals surface area contributed by atoms with Crippen LogP contribution in [0.2, 0.25) is 10.0 Å². The van der Waals surface area contributed by atoms with Gasteiger partial charge in [0.25, 0.3) is 0 Å². The molecule has 0 bridgehead atoms. The van der Waals surface area contributed by atoms with Crippen LogP contribution in [0.3, 0.4) is 0 Å². The van der Waals surface area contributed by atoms with Gasteiger partial charge in [0.2, 0.25) is 0 Å². The number of benzene rings is 1. The zero-order chi connectivity index (χ0) is 13.7. The van der Waals surface area contributed by atoms with Gasteiger partial charge in [-0.05, 0) is 31.0 Å². The molecule has 0 aromatic heterocycles. The molecule has 0 saturated heterocycles. The first-order chi connectivity index (χ1) is 8.53. The molecule has 1 N–H and O–H groups in total. The molecule has 1 rings (SSSR count). The highest BCUT2D eigenvalue weighted by Crippen LogP contribution is 2.36. The highest BCUT2D eigenvalue weighted by Gasteiger charge is 2.17. The van der Waals surface area contributed by atoms with Gasteiger partial charge < -0.3 is 10.1 Å². The first-order valence-corrected chi connectivity index (χ1v) is 6.99. The molecule has 0 spiro atoms. The Bertz CT molecular complexity index is 396. The molecule has 4 heteroatoms. The Morgan fingerprint density at radius 1 is 1.28 bits per heavy atom. The van der Waals surface area contributed by atoms with Crippen molar-refractivity contribution in [2.45, 2.75) is 32.7 Å². The van der Waals surface area contributed by atoms with E-state index in [2.05, 4.69) is 19.2 Å². The zero-order valence-electron chi connectivity index (χ0n) is 11.4. The van der Waals surface area contributed by atoms with E-state index in [0.717, 1.165) is 18.4 Å². The SMILES string of the molecule is CCC(C)CC(NC)c1cc(Cl)c(OC)cc1Cl. The molecule has 0 aliphatic carbocycles. The van der Waals surface area contributed by atoms with E-state index in [4.69, 9.17) is 27.9 Å². The second-order valence-electron chi connectivity index (χ2n) is 4.60. The van der Waals surface area contributed by atoms with Gasteiger partial charge in [-0.2, -0.15) is 0 Å². The number of rotatable bonds is 6. The summed E-state index contributed by atoms with van der Waals surface area (Å²) in [6, 6.07) is 3.89. The predicted molar refractivity (Wildman–Crippen MR) is 78.9 cm³/mol. The highest BCUT2D eigenvalue weighted by atomic mass is 35.5. The number of hydrogen-bond acceptors (Lipinski definition) is 2. The van der Waals surface area contributed by atoms with Crippen LogP contribution < -0.4 is 10.1 Å². The Morgan fingerprint density at radius 2 is 1.94 bits per heavy atom. The fourth-order valence-corrected chi connectivity index (χ4v) is 2.47. The molecular weight excluding hydrogens is 269 g/mol. The maximum absolute atomic E-state index is 6.30. The largest absolute Gasteiger partial charge is 0.495 e. The highest BCUT2D eigenvalue weighted by molar-refractivity contribution is 6.34. The Hall–Kier alpha value is -0.440. The van der Waals surface area contributed by atoms with Crippen LogP contribution in [0.25, 0.3) is 0 Å². The normalized spacial score (nSPS) is 14.3. The van der Waals surface area contributed by atoms with E-state index < -0.39 is 0 Å². The number of nitrogens with one attached hydrogen (secondary N) is 1. The molecule has 0 saturated carbocycles. The molecule has 0 heterocycles. The van der Waals surface area contributed by atoms with E-state index >= 15 is 0 Å². The maximum atomic E-state index is 6.30. The van der Waals surface area contributed by atoms with E-state index in [9.17, 15) is 0 Å². The summed E-state index contributed by atoms with van der Waals surface area (Å²) in [6.45, 7) is 4.43. The van der Waals surface area contributed by atoms with Gasteiger partial charge in [0, 0.05) is 17.1 Å². The quantitative estimate of drug-likeness (QED) is 0.820. The van der Waals surface area contributed by atoms with Crippen molar-refractivity contribution in [1.82, 2.24) is 5.32 Å². The van der Waals surface area contributed by atoms with Crippen LogP contribution in [0.4, 0.5) is 0 Å². The molecule has 2 atom stereocenters. The van der Waals surface area contributed by atoms with Gasteiger partial charge in [0.1, 0.15) is 5.75 Å². The van der Waals surface area contributed by atoms with E-state index in [1.54, 1.807) is 13.2 Å². The third-order valence-electron chi connectivity index (χ3n) is 3.33. The first-order valence-electron chi connectivity index (χ1n) is 6.23. The molecular formula is C14H21Cl2NO. The second-order valence-corrected chi connectivity index (χ2v) is 5.41. The van der Waals surface area contributed by atoms with Crippen LogP contribution in [0.1, 0.15) is 38.3 Å². The summed E-state index contributed by atoms with van der Waals surface area (Å²) in [6.07, 6.45) is 2.19. The van der Waals surface area contributed by atoms with Crippen LogP contribution in [-0.2, 0) is 0 Å². The maximum Gasteiger partial charge on any atom is 0.138 e. The molecule has 0 aliphatic rings. The fraction of sp³-hybridized carbons (Fsp3) is 0.571. The van der Waals surface area contributed by atoms with Crippen LogP contribution in [0.15, 0.2) is 12.1 Å². The third kappa shape index (κ3) is 3.78. The first kappa shape index (κ1) is 15.6. The van der Waals surface area contributed by atoms with E-state index in [1.165, 1.54) is 0 Å². The Kier molecular flexibility index (Phi) is 6.27. The van der Waals surface area contributed by atoms with Crippen molar-refractivity contribution in [2.24, 2.45) is 5.92 Å². The molecule has 0 fully saturated rings. The molecule has 2 unspecified atom stereocenters. The second kappa shape index (κ2) is 7.22. The van der Waals surface area contributed by atoms with Gasteiger partial charge >= 0.3 is 0 Å². The molecule has 0 aliphatic heterocycles. The molecule has 1 aromatic rings. The zero-order valence-corrected chi connectivity index (χ0v) is 12.9. The minimum absolute atomic E-state index is 0.218. The minimum Gasteiger partial charge on any atom is -0.495 e. The average molecular weight is 290 g/mol. The third-order valence-corrected chi connectivity index (χ3v) is 3.95. The lowest BCUT2D eigenvalue weighted by atomic mass is 9.94. The summed E-state index contributed by atoms with van der Waals surface area (Å²) >= 11 is 12.5. The van der Waals surface area contributed by atoms with Gasteiger partial charge in [-0.15, -0.1) is 0 Å². The molecule has 18 heavy (non-hydrogen) atoms. The summed E-state index contributed by atoms with van der Waals surface area (Å²) in [5.74, 6) is 1.25. The summed E-state index contributed by atoms with van der Waals surface area (Å²) in [7, 11) is 3.54. The van der Waals surface area contributed by atoms with E-state index in [1.807, 2.05) is 13.1 Å². The van der Waals surface area contributed by atoms with E-state index in [0.29, 0.717) is 21.7 Å². The number of halogens is 2. The lowest BCUT2D eigenvalue weighted by Crippen LogP contribution is -2.19. The summed E-state index contributed by atoms with van der Waals surface area (Å²) < 4.78 is 5.16. The minimum atomic E-state index is 0.218. The predicted octanol–water partition coefficient (Wildman–Crippen LogP) is 4.70. The molecule has 2 nitrogen and oxygen atoms in total. The van der Waals surface area contributed by atoms with Crippen LogP contribution >= 0.6 is 23.2 Å². The van der Waals surface area contributed by atoms with E-state index in [-0.39, 0.29) is 6.04 Å².